The molecule has 0 radical (unpaired) electrons. The van der Waals surface area contributed by atoms with Gasteiger partial charge in [0.05, 0.1) is 5.39 Å². The first-order valence-electron chi connectivity index (χ1n) is 8.65. The Morgan fingerprint density at radius 2 is 2.09 bits per heavy atom. The van der Waals surface area contributed by atoms with Gasteiger partial charge in [0.15, 0.2) is 0 Å². The van der Waals surface area contributed by atoms with Crippen molar-refractivity contribution in [3.63, 3.8) is 0 Å². The lowest BCUT2D eigenvalue weighted by molar-refractivity contribution is 0.00793. The fourth-order valence-corrected chi connectivity index (χ4v) is 4.30. The molecule has 2 aromatic rings. The van der Waals surface area contributed by atoms with E-state index >= 15 is 0 Å². The number of aromatic nitrogens is 3. The van der Waals surface area contributed by atoms with E-state index in [1.54, 1.807) is 0 Å². The van der Waals surface area contributed by atoms with Crippen molar-refractivity contribution in [1.29, 1.82) is 0 Å². The van der Waals surface area contributed by atoms with E-state index in [0.717, 1.165) is 23.8 Å². The zero-order chi connectivity index (χ0) is 15.3. The van der Waals surface area contributed by atoms with Crippen molar-refractivity contribution in [1.82, 2.24) is 15.0 Å². The molecule has 2 fully saturated rings. The van der Waals surface area contributed by atoms with Crippen LogP contribution in [0.3, 0.4) is 0 Å². The number of rotatable bonds is 4. The molecule has 1 spiro atoms. The Balaban J connectivity index is 1.68. The number of H-pyrrole nitrogens is 1. The van der Waals surface area contributed by atoms with Crippen LogP contribution in [0.4, 0.5) is 5.82 Å². The minimum absolute atomic E-state index is 0.641. The number of fused-ring (bicyclic) bond motifs is 1. The molecule has 0 aromatic carbocycles. The fourth-order valence-electron chi connectivity index (χ4n) is 4.30. The van der Waals surface area contributed by atoms with Crippen molar-refractivity contribution in [3.05, 3.63) is 18.1 Å². The average molecular weight is 298 g/mol. The minimum Gasteiger partial charge on any atom is -0.353 e. The first kappa shape index (κ1) is 14.0. The highest BCUT2D eigenvalue weighted by atomic mass is 15.2. The predicted molar refractivity (Wildman–Crippen MR) is 90.1 cm³/mol. The topological polar surface area (TPSA) is 44.8 Å². The SMILES string of the molecule is Cc1nc(N(CC(C)C)C2CC3(CCC3)C2)c2cc[nH]c2n1. The van der Waals surface area contributed by atoms with Gasteiger partial charge in [-0.05, 0) is 50.0 Å². The third-order valence-corrected chi connectivity index (χ3v) is 5.53. The quantitative estimate of drug-likeness (QED) is 0.925. The van der Waals surface area contributed by atoms with E-state index in [4.69, 9.17) is 4.98 Å². The fraction of sp³-hybridized carbons (Fsp3) is 0.667. The molecule has 2 aliphatic carbocycles. The Morgan fingerprint density at radius 3 is 2.73 bits per heavy atom. The third-order valence-electron chi connectivity index (χ3n) is 5.53. The summed E-state index contributed by atoms with van der Waals surface area (Å²) in [6, 6.07) is 2.78. The van der Waals surface area contributed by atoms with E-state index in [1.807, 2.05) is 13.1 Å². The molecule has 4 nitrogen and oxygen atoms in total. The number of hydrogen-bond donors (Lipinski definition) is 1. The summed E-state index contributed by atoms with van der Waals surface area (Å²) in [6.45, 7) is 7.67. The predicted octanol–water partition coefficient (Wildman–Crippen LogP) is 4.06. The maximum absolute atomic E-state index is 4.82. The van der Waals surface area contributed by atoms with E-state index in [0.29, 0.717) is 17.4 Å². The van der Waals surface area contributed by atoms with Gasteiger partial charge in [0, 0.05) is 18.8 Å². The maximum atomic E-state index is 4.82. The summed E-state index contributed by atoms with van der Waals surface area (Å²) in [6.07, 6.45) is 9.02. The monoisotopic (exact) mass is 298 g/mol. The zero-order valence-corrected chi connectivity index (χ0v) is 13.9. The molecule has 0 saturated heterocycles. The molecule has 0 aliphatic heterocycles. The van der Waals surface area contributed by atoms with Gasteiger partial charge in [0.2, 0.25) is 0 Å². The van der Waals surface area contributed by atoms with Gasteiger partial charge in [-0.15, -0.1) is 0 Å². The van der Waals surface area contributed by atoms with Gasteiger partial charge in [-0.1, -0.05) is 20.3 Å². The number of nitrogens with zero attached hydrogens (tertiary/aromatic N) is 3. The summed E-state index contributed by atoms with van der Waals surface area (Å²) in [5, 5.41) is 1.17. The number of aryl methyl sites for hydroxylation is 1. The van der Waals surface area contributed by atoms with Gasteiger partial charge < -0.3 is 9.88 Å². The largest absolute Gasteiger partial charge is 0.353 e. The van der Waals surface area contributed by atoms with Gasteiger partial charge in [0.1, 0.15) is 17.3 Å². The molecule has 4 rings (SSSR count). The smallest absolute Gasteiger partial charge is 0.143 e. The van der Waals surface area contributed by atoms with Crippen molar-refractivity contribution in [2.45, 2.75) is 58.9 Å². The summed E-state index contributed by atoms with van der Waals surface area (Å²) >= 11 is 0. The Hall–Kier alpha value is -1.58. The van der Waals surface area contributed by atoms with Crippen LogP contribution in [0.25, 0.3) is 11.0 Å². The molecule has 0 unspecified atom stereocenters. The normalized spacial score (nSPS) is 20.4. The molecule has 0 atom stereocenters. The van der Waals surface area contributed by atoms with Crippen molar-refractivity contribution < 1.29 is 0 Å². The van der Waals surface area contributed by atoms with Crippen LogP contribution in [0.1, 0.15) is 51.8 Å². The Kier molecular flexibility index (Phi) is 3.17. The van der Waals surface area contributed by atoms with Crippen LogP contribution >= 0.6 is 0 Å². The Morgan fingerprint density at radius 1 is 1.32 bits per heavy atom. The summed E-state index contributed by atoms with van der Waals surface area (Å²) in [5.41, 5.74) is 1.66. The van der Waals surface area contributed by atoms with E-state index in [-0.39, 0.29) is 0 Å². The average Bonchev–Trinajstić information content (AvgIpc) is 2.80. The molecule has 22 heavy (non-hydrogen) atoms. The third kappa shape index (κ3) is 2.20. The molecule has 2 aromatic heterocycles. The molecular weight excluding hydrogens is 272 g/mol. The van der Waals surface area contributed by atoms with E-state index in [2.05, 4.69) is 34.8 Å². The Labute approximate surface area is 132 Å². The molecule has 0 amide bonds. The van der Waals surface area contributed by atoms with E-state index in [9.17, 15) is 0 Å². The molecule has 118 valence electrons. The highest BCUT2D eigenvalue weighted by molar-refractivity contribution is 5.87. The van der Waals surface area contributed by atoms with Gasteiger partial charge in [0.25, 0.3) is 0 Å². The standard InChI is InChI=1S/C18H26N4/c1-12(2)11-22(14-9-18(10-14)6-4-7-18)17-15-5-8-19-16(15)20-13(3)21-17/h5,8,12,14H,4,6-7,9-11H2,1-3H3,(H,19,20,21). The molecule has 4 heteroatoms. The maximum Gasteiger partial charge on any atom is 0.143 e. The summed E-state index contributed by atoms with van der Waals surface area (Å²) < 4.78 is 0. The summed E-state index contributed by atoms with van der Waals surface area (Å²) in [7, 11) is 0. The first-order chi connectivity index (χ1) is 10.6. The zero-order valence-electron chi connectivity index (χ0n) is 13.9. The second-order valence-electron chi connectivity index (χ2n) is 7.80. The number of anilines is 1. The second kappa shape index (κ2) is 4.97. The van der Waals surface area contributed by atoms with Gasteiger partial charge >= 0.3 is 0 Å². The van der Waals surface area contributed by atoms with Crippen LogP contribution in [0.15, 0.2) is 12.3 Å². The van der Waals surface area contributed by atoms with Crippen LogP contribution in [0.5, 0.6) is 0 Å². The number of aromatic amines is 1. The van der Waals surface area contributed by atoms with Crippen LogP contribution in [0.2, 0.25) is 0 Å². The lowest BCUT2D eigenvalue weighted by Gasteiger charge is -2.57. The molecular formula is C18H26N4. The highest BCUT2D eigenvalue weighted by Crippen LogP contribution is 2.57. The van der Waals surface area contributed by atoms with Crippen LogP contribution in [-0.2, 0) is 0 Å². The Bertz CT molecular complexity index is 675. The van der Waals surface area contributed by atoms with Crippen LogP contribution in [0, 0.1) is 18.3 Å². The van der Waals surface area contributed by atoms with E-state index < -0.39 is 0 Å². The van der Waals surface area contributed by atoms with Crippen molar-refractivity contribution in [3.8, 4) is 0 Å². The van der Waals surface area contributed by atoms with Gasteiger partial charge in [-0.2, -0.15) is 0 Å². The van der Waals surface area contributed by atoms with Crippen LogP contribution in [-0.4, -0.2) is 27.5 Å². The lowest BCUT2D eigenvalue weighted by atomic mass is 9.54. The second-order valence-corrected chi connectivity index (χ2v) is 7.80. The first-order valence-corrected chi connectivity index (χ1v) is 8.65. The van der Waals surface area contributed by atoms with Gasteiger partial charge in [-0.3, -0.25) is 0 Å². The lowest BCUT2D eigenvalue weighted by Crippen LogP contribution is -2.55. The number of hydrogen-bond acceptors (Lipinski definition) is 3. The van der Waals surface area contributed by atoms with Crippen molar-refractivity contribution in [2.24, 2.45) is 11.3 Å². The molecule has 0 bridgehead atoms. The molecule has 1 N–H and O–H groups in total. The van der Waals surface area contributed by atoms with Crippen LogP contribution < -0.4 is 4.90 Å². The van der Waals surface area contributed by atoms with Gasteiger partial charge in [-0.25, -0.2) is 9.97 Å². The minimum atomic E-state index is 0.641. The summed E-state index contributed by atoms with van der Waals surface area (Å²) in [4.78, 5) is 15.2. The molecule has 2 saturated carbocycles. The molecule has 2 heterocycles. The van der Waals surface area contributed by atoms with E-state index in [1.165, 1.54) is 37.5 Å². The van der Waals surface area contributed by atoms with Crippen molar-refractivity contribution in [2.75, 3.05) is 11.4 Å². The number of nitrogens with one attached hydrogen (secondary N) is 1. The molecule has 2 aliphatic rings. The highest BCUT2D eigenvalue weighted by Gasteiger charge is 2.50. The van der Waals surface area contributed by atoms with Crippen molar-refractivity contribution >= 4 is 16.9 Å². The summed E-state index contributed by atoms with van der Waals surface area (Å²) in [5.74, 6) is 2.63.